The number of likely N-dealkylation sites (tertiary alicyclic amines) is 1. The van der Waals surface area contributed by atoms with E-state index in [2.05, 4.69) is 15.0 Å². The second-order valence-electron chi connectivity index (χ2n) is 7.57. The van der Waals surface area contributed by atoms with Gasteiger partial charge in [0, 0.05) is 44.4 Å². The van der Waals surface area contributed by atoms with E-state index in [-0.39, 0.29) is 23.3 Å². The first kappa shape index (κ1) is 21.5. The van der Waals surface area contributed by atoms with Crippen LogP contribution in [0.15, 0.2) is 36.0 Å². The molecule has 0 saturated carbocycles. The number of aromatic nitrogens is 4. The number of piperidine rings is 1. The lowest BCUT2D eigenvalue weighted by Gasteiger charge is -2.32. The van der Waals surface area contributed by atoms with Gasteiger partial charge in [-0.05, 0) is 37.3 Å². The van der Waals surface area contributed by atoms with Crippen LogP contribution in [-0.2, 0) is 17.5 Å². The molecule has 0 unspecified atom stereocenters. The highest BCUT2D eigenvalue weighted by Crippen LogP contribution is 2.34. The fourth-order valence-electron chi connectivity index (χ4n) is 3.77. The van der Waals surface area contributed by atoms with Gasteiger partial charge in [-0.15, -0.1) is 11.3 Å². The molecule has 0 aromatic carbocycles. The molecule has 0 spiro atoms. The van der Waals surface area contributed by atoms with E-state index >= 15 is 0 Å². The Morgan fingerprint density at radius 3 is 2.84 bits per heavy atom. The molecule has 4 heterocycles. The van der Waals surface area contributed by atoms with Gasteiger partial charge < -0.3 is 9.47 Å². The number of amides is 1. The number of hydrogen-bond donors (Lipinski definition) is 0. The fraction of sp³-hybridized carbons (Fsp3) is 0.429. The number of thiophene rings is 1. The molecule has 164 valence electrons. The van der Waals surface area contributed by atoms with E-state index in [4.69, 9.17) is 0 Å². The van der Waals surface area contributed by atoms with Crippen molar-refractivity contribution >= 4 is 17.2 Å². The van der Waals surface area contributed by atoms with Crippen LogP contribution < -0.4 is 0 Å². The largest absolute Gasteiger partial charge is 0.433 e. The molecular weight excluding hydrogens is 427 g/mol. The molecule has 0 N–H and O–H groups in total. The molecule has 0 aliphatic carbocycles. The third-order valence-corrected chi connectivity index (χ3v) is 6.33. The molecular formula is C21H22F3N5OS. The molecule has 3 aromatic rings. The summed E-state index contributed by atoms with van der Waals surface area (Å²) in [6, 6.07) is 4.51. The van der Waals surface area contributed by atoms with Crippen molar-refractivity contribution in [3.05, 3.63) is 53.3 Å². The topological polar surface area (TPSA) is 63.9 Å². The van der Waals surface area contributed by atoms with Crippen molar-refractivity contribution < 1.29 is 18.0 Å². The Kier molecular flexibility index (Phi) is 6.08. The molecule has 1 aliphatic rings. The normalized spacial score (nSPS) is 17.2. The van der Waals surface area contributed by atoms with E-state index < -0.39 is 11.9 Å². The summed E-state index contributed by atoms with van der Waals surface area (Å²) in [6.07, 6.45) is 0.617. The van der Waals surface area contributed by atoms with Gasteiger partial charge in [-0.3, -0.25) is 4.79 Å². The van der Waals surface area contributed by atoms with Crippen molar-refractivity contribution in [3.8, 4) is 10.6 Å². The average Bonchev–Trinajstić information content (AvgIpc) is 3.43. The molecule has 31 heavy (non-hydrogen) atoms. The van der Waals surface area contributed by atoms with Gasteiger partial charge in [0.15, 0.2) is 0 Å². The number of aryl methyl sites for hydroxylation is 2. The van der Waals surface area contributed by atoms with Crippen LogP contribution in [0.1, 0.15) is 42.5 Å². The van der Waals surface area contributed by atoms with Gasteiger partial charge in [0.2, 0.25) is 5.91 Å². The van der Waals surface area contributed by atoms with Gasteiger partial charge >= 0.3 is 6.18 Å². The van der Waals surface area contributed by atoms with Crippen LogP contribution in [0.25, 0.3) is 10.6 Å². The van der Waals surface area contributed by atoms with Gasteiger partial charge in [-0.2, -0.15) is 13.2 Å². The zero-order chi connectivity index (χ0) is 22.0. The molecule has 1 atom stereocenters. The molecule has 0 bridgehead atoms. The summed E-state index contributed by atoms with van der Waals surface area (Å²) in [5.74, 6) is 0.640. The number of carbonyl (C=O) groups excluding carboxylic acids is 1. The van der Waals surface area contributed by atoms with E-state index in [1.807, 2.05) is 17.7 Å². The van der Waals surface area contributed by atoms with E-state index in [1.165, 1.54) is 11.3 Å². The monoisotopic (exact) mass is 449 g/mol. The van der Waals surface area contributed by atoms with E-state index in [1.54, 1.807) is 28.6 Å². The van der Waals surface area contributed by atoms with Gasteiger partial charge in [-0.25, -0.2) is 15.0 Å². The van der Waals surface area contributed by atoms with Crippen molar-refractivity contribution in [2.75, 3.05) is 13.1 Å². The summed E-state index contributed by atoms with van der Waals surface area (Å²) >= 11 is 1.33. The summed E-state index contributed by atoms with van der Waals surface area (Å²) in [5, 5.41) is 1.80. The maximum absolute atomic E-state index is 13.5. The summed E-state index contributed by atoms with van der Waals surface area (Å²) in [5.41, 5.74) is -0.675. The standard InChI is InChI=1S/C21H22F3N5OS/c1-14-25-7-10-28(14)9-6-19(30)29-8-2-4-15(13-29)20-26-16(17-5-3-11-31-17)12-18(27-20)21(22,23)24/h3,5,7,10-12,15H,2,4,6,8-9,13H2,1H3/t15-/m0/s1. The highest BCUT2D eigenvalue weighted by Gasteiger charge is 2.35. The highest BCUT2D eigenvalue weighted by atomic mass is 32.1. The molecule has 10 heteroatoms. The van der Waals surface area contributed by atoms with Crippen LogP contribution in [0.2, 0.25) is 0 Å². The van der Waals surface area contributed by atoms with Gasteiger partial charge in [0.25, 0.3) is 0 Å². The van der Waals surface area contributed by atoms with E-state index in [0.29, 0.717) is 43.8 Å². The predicted molar refractivity (Wildman–Crippen MR) is 110 cm³/mol. The zero-order valence-electron chi connectivity index (χ0n) is 17.0. The number of nitrogens with zero attached hydrogens (tertiary/aromatic N) is 5. The lowest BCUT2D eigenvalue weighted by Crippen LogP contribution is -2.40. The minimum absolute atomic E-state index is 0.0248. The van der Waals surface area contributed by atoms with Crippen molar-refractivity contribution in [1.82, 2.24) is 24.4 Å². The molecule has 1 saturated heterocycles. The molecule has 1 fully saturated rings. The number of carbonyl (C=O) groups is 1. The van der Waals surface area contributed by atoms with Crippen LogP contribution in [0.5, 0.6) is 0 Å². The minimum atomic E-state index is -4.56. The van der Waals surface area contributed by atoms with Crippen LogP contribution in [0.3, 0.4) is 0 Å². The molecule has 1 amide bonds. The Balaban J connectivity index is 1.52. The maximum Gasteiger partial charge on any atom is 0.433 e. The number of halogens is 3. The molecule has 1 aliphatic heterocycles. The first-order valence-corrected chi connectivity index (χ1v) is 10.9. The number of hydrogen-bond acceptors (Lipinski definition) is 5. The van der Waals surface area contributed by atoms with Crippen molar-refractivity contribution in [1.29, 1.82) is 0 Å². The fourth-order valence-corrected chi connectivity index (χ4v) is 4.46. The molecule has 0 radical (unpaired) electrons. The van der Waals surface area contributed by atoms with E-state index in [9.17, 15) is 18.0 Å². The second kappa shape index (κ2) is 8.78. The molecule has 6 nitrogen and oxygen atoms in total. The van der Waals surface area contributed by atoms with Crippen LogP contribution in [0, 0.1) is 6.92 Å². The highest BCUT2D eigenvalue weighted by molar-refractivity contribution is 7.13. The number of rotatable bonds is 5. The van der Waals surface area contributed by atoms with Crippen molar-refractivity contribution in [2.45, 2.75) is 44.8 Å². The van der Waals surface area contributed by atoms with Crippen molar-refractivity contribution in [2.24, 2.45) is 0 Å². The Morgan fingerprint density at radius 1 is 1.32 bits per heavy atom. The first-order chi connectivity index (χ1) is 14.8. The predicted octanol–water partition coefficient (Wildman–Crippen LogP) is 4.53. The summed E-state index contributed by atoms with van der Waals surface area (Å²) in [7, 11) is 0. The third kappa shape index (κ3) is 4.95. The quantitative estimate of drug-likeness (QED) is 0.574. The number of alkyl halides is 3. The SMILES string of the molecule is Cc1nccn1CCC(=O)N1CCC[C@H](c2nc(-c3cccs3)cc(C(F)(F)F)n2)C1. The van der Waals surface area contributed by atoms with Gasteiger partial charge in [0.1, 0.15) is 17.3 Å². The Hall–Kier alpha value is -2.75. The average molecular weight is 450 g/mol. The lowest BCUT2D eigenvalue weighted by atomic mass is 9.96. The minimum Gasteiger partial charge on any atom is -0.342 e. The van der Waals surface area contributed by atoms with Crippen LogP contribution in [0.4, 0.5) is 13.2 Å². The second-order valence-corrected chi connectivity index (χ2v) is 8.52. The first-order valence-electron chi connectivity index (χ1n) is 10.1. The summed E-state index contributed by atoms with van der Waals surface area (Å²) < 4.78 is 42.3. The van der Waals surface area contributed by atoms with Crippen LogP contribution in [-0.4, -0.2) is 43.4 Å². The third-order valence-electron chi connectivity index (χ3n) is 5.44. The lowest BCUT2D eigenvalue weighted by molar-refractivity contribution is -0.141. The van der Waals surface area contributed by atoms with E-state index in [0.717, 1.165) is 11.9 Å². The smallest absolute Gasteiger partial charge is 0.342 e. The number of imidazole rings is 1. The van der Waals surface area contributed by atoms with Gasteiger partial charge in [0.05, 0.1) is 10.6 Å². The summed E-state index contributed by atoms with van der Waals surface area (Å²) in [4.78, 5) is 27.6. The molecule has 4 rings (SSSR count). The summed E-state index contributed by atoms with van der Waals surface area (Å²) in [6.45, 7) is 3.31. The Morgan fingerprint density at radius 2 is 2.16 bits per heavy atom. The van der Waals surface area contributed by atoms with Crippen LogP contribution >= 0.6 is 11.3 Å². The molecule has 3 aromatic heterocycles. The van der Waals surface area contributed by atoms with Crippen molar-refractivity contribution in [3.63, 3.8) is 0 Å². The van der Waals surface area contributed by atoms with Gasteiger partial charge in [-0.1, -0.05) is 6.07 Å². The Labute approximate surface area is 181 Å². The maximum atomic E-state index is 13.5. The zero-order valence-corrected chi connectivity index (χ0v) is 17.8. The Bertz CT molecular complexity index is 1050.